The van der Waals surface area contributed by atoms with Gasteiger partial charge in [-0.05, 0) is 18.6 Å². The molecule has 0 aromatic carbocycles. The van der Waals surface area contributed by atoms with Gasteiger partial charge < -0.3 is 10.6 Å². The van der Waals surface area contributed by atoms with E-state index in [4.69, 9.17) is 5.26 Å². The summed E-state index contributed by atoms with van der Waals surface area (Å²) in [4.78, 5) is 15.2. The Morgan fingerprint density at radius 1 is 1.53 bits per heavy atom. The zero-order valence-corrected chi connectivity index (χ0v) is 9.86. The highest BCUT2D eigenvalue weighted by Gasteiger charge is 2.00. The number of carbonyl (C=O) groups is 1. The van der Waals surface area contributed by atoms with Gasteiger partial charge in [-0.2, -0.15) is 5.26 Å². The van der Waals surface area contributed by atoms with E-state index in [2.05, 4.69) is 15.6 Å². The third-order valence-corrected chi connectivity index (χ3v) is 2.13. The van der Waals surface area contributed by atoms with Crippen LogP contribution in [0.4, 0.5) is 5.69 Å². The Hall–Kier alpha value is -2.09. The second kappa shape index (κ2) is 7.23. The van der Waals surface area contributed by atoms with Crippen molar-refractivity contribution in [3.63, 3.8) is 0 Å². The van der Waals surface area contributed by atoms with Gasteiger partial charge >= 0.3 is 0 Å². The minimum Gasteiger partial charge on any atom is -0.384 e. The summed E-state index contributed by atoms with van der Waals surface area (Å²) < 4.78 is 0. The molecule has 5 heteroatoms. The van der Waals surface area contributed by atoms with Gasteiger partial charge in [0.2, 0.25) is 5.91 Å². The zero-order chi connectivity index (χ0) is 12.5. The third-order valence-electron chi connectivity index (χ3n) is 2.13. The maximum Gasteiger partial charge on any atom is 0.221 e. The number of aromatic nitrogens is 1. The first-order valence-electron chi connectivity index (χ1n) is 5.63. The van der Waals surface area contributed by atoms with Gasteiger partial charge in [-0.1, -0.05) is 6.92 Å². The van der Waals surface area contributed by atoms with Crippen LogP contribution in [-0.4, -0.2) is 24.0 Å². The molecule has 1 rings (SSSR count). The molecule has 1 aromatic rings. The van der Waals surface area contributed by atoms with Crippen LogP contribution in [0, 0.1) is 11.3 Å². The van der Waals surface area contributed by atoms with Gasteiger partial charge in [0.15, 0.2) is 0 Å². The van der Waals surface area contributed by atoms with Gasteiger partial charge in [0.25, 0.3) is 0 Å². The lowest BCUT2D eigenvalue weighted by atomic mass is 10.3. The molecule has 0 saturated heterocycles. The fourth-order valence-electron chi connectivity index (χ4n) is 1.27. The smallest absolute Gasteiger partial charge is 0.221 e. The third kappa shape index (κ3) is 4.98. The second-order valence-corrected chi connectivity index (χ2v) is 3.57. The first-order valence-corrected chi connectivity index (χ1v) is 5.63. The topological polar surface area (TPSA) is 77.8 Å². The lowest BCUT2D eigenvalue weighted by molar-refractivity contribution is -0.120. The van der Waals surface area contributed by atoms with Crippen molar-refractivity contribution >= 4 is 11.6 Å². The van der Waals surface area contributed by atoms with E-state index >= 15 is 0 Å². The monoisotopic (exact) mass is 232 g/mol. The number of rotatable bonds is 6. The molecule has 0 fully saturated rings. The lowest BCUT2D eigenvalue weighted by Gasteiger charge is -2.06. The van der Waals surface area contributed by atoms with E-state index in [9.17, 15) is 4.79 Å². The van der Waals surface area contributed by atoms with E-state index in [1.165, 1.54) is 0 Å². The van der Waals surface area contributed by atoms with Gasteiger partial charge in [0.05, 0.1) is 0 Å². The van der Waals surface area contributed by atoms with Crippen LogP contribution in [0.15, 0.2) is 18.3 Å². The average Bonchev–Trinajstić information content (AvgIpc) is 2.36. The van der Waals surface area contributed by atoms with Crippen molar-refractivity contribution in [2.24, 2.45) is 0 Å². The summed E-state index contributed by atoms with van der Waals surface area (Å²) in [6.07, 6.45) is 2.93. The summed E-state index contributed by atoms with van der Waals surface area (Å²) in [6, 6.07) is 5.39. The number of pyridine rings is 1. The highest BCUT2D eigenvalue weighted by Crippen LogP contribution is 2.06. The quantitative estimate of drug-likeness (QED) is 0.774. The van der Waals surface area contributed by atoms with Crippen LogP contribution in [0.2, 0.25) is 0 Å². The Kier molecular flexibility index (Phi) is 5.52. The SMILES string of the molecule is CCCNC(=O)CCNc1ccnc(C#N)c1. The molecule has 17 heavy (non-hydrogen) atoms. The van der Waals surface area contributed by atoms with E-state index in [0.29, 0.717) is 25.2 Å². The molecule has 90 valence electrons. The Morgan fingerprint density at radius 3 is 3.06 bits per heavy atom. The number of hydrogen-bond acceptors (Lipinski definition) is 4. The maximum atomic E-state index is 11.3. The number of nitrogens with zero attached hydrogens (tertiary/aromatic N) is 2. The van der Waals surface area contributed by atoms with Crippen molar-refractivity contribution in [3.8, 4) is 6.07 Å². The van der Waals surface area contributed by atoms with Crippen LogP contribution >= 0.6 is 0 Å². The molecule has 2 N–H and O–H groups in total. The highest BCUT2D eigenvalue weighted by atomic mass is 16.1. The Labute approximate surface area is 101 Å². The van der Waals surface area contributed by atoms with Crippen molar-refractivity contribution in [3.05, 3.63) is 24.0 Å². The summed E-state index contributed by atoms with van der Waals surface area (Å²) in [5.41, 5.74) is 1.17. The minimum atomic E-state index is 0.0360. The van der Waals surface area contributed by atoms with Crippen LogP contribution in [-0.2, 0) is 4.79 Å². The van der Waals surface area contributed by atoms with E-state index < -0.39 is 0 Å². The fourth-order valence-corrected chi connectivity index (χ4v) is 1.27. The van der Waals surface area contributed by atoms with Gasteiger partial charge in [0, 0.05) is 31.4 Å². The molecule has 0 atom stereocenters. The van der Waals surface area contributed by atoms with Crippen LogP contribution in [0.25, 0.3) is 0 Å². The summed E-state index contributed by atoms with van der Waals surface area (Å²) in [6.45, 7) is 3.27. The van der Waals surface area contributed by atoms with E-state index in [1.54, 1.807) is 18.3 Å². The predicted molar refractivity (Wildman–Crippen MR) is 65.4 cm³/mol. The highest BCUT2D eigenvalue weighted by molar-refractivity contribution is 5.76. The van der Waals surface area contributed by atoms with Gasteiger partial charge in [-0.3, -0.25) is 4.79 Å². The first kappa shape index (κ1) is 13.0. The van der Waals surface area contributed by atoms with Crippen LogP contribution in [0.3, 0.4) is 0 Å². The molecular formula is C12H16N4O. The number of amides is 1. The van der Waals surface area contributed by atoms with Crippen LogP contribution in [0.5, 0.6) is 0 Å². The summed E-state index contributed by atoms with van der Waals surface area (Å²) in [7, 11) is 0. The van der Waals surface area contributed by atoms with Crippen molar-refractivity contribution in [1.82, 2.24) is 10.3 Å². The molecule has 0 bridgehead atoms. The Balaban J connectivity index is 2.31. The number of hydrogen-bond donors (Lipinski definition) is 2. The van der Waals surface area contributed by atoms with Crippen molar-refractivity contribution < 1.29 is 4.79 Å². The van der Waals surface area contributed by atoms with Crippen molar-refractivity contribution in [2.75, 3.05) is 18.4 Å². The summed E-state index contributed by atoms with van der Waals surface area (Å²) >= 11 is 0. The number of nitrogens with one attached hydrogen (secondary N) is 2. The van der Waals surface area contributed by atoms with Crippen LogP contribution in [0.1, 0.15) is 25.5 Å². The standard InChI is InChI=1S/C12H16N4O/c1-2-5-16-12(17)4-7-14-10-3-6-15-11(8-10)9-13/h3,6,8H,2,4-5,7H2,1H3,(H,14,15)(H,16,17). The largest absolute Gasteiger partial charge is 0.384 e. The molecule has 1 aromatic heterocycles. The number of carbonyl (C=O) groups excluding carboxylic acids is 1. The molecule has 0 unspecified atom stereocenters. The molecule has 0 aliphatic rings. The average molecular weight is 232 g/mol. The number of anilines is 1. The normalized spacial score (nSPS) is 9.41. The van der Waals surface area contributed by atoms with Gasteiger partial charge in [0.1, 0.15) is 11.8 Å². The lowest BCUT2D eigenvalue weighted by Crippen LogP contribution is -2.25. The second-order valence-electron chi connectivity index (χ2n) is 3.57. The molecule has 0 saturated carbocycles. The Bertz CT molecular complexity index is 411. The molecule has 0 radical (unpaired) electrons. The van der Waals surface area contributed by atoms with Gasteiger partial charge in [-0.25, -0.2) is 4.98 Å². The minimum absolute atomic E-state index is 0.0360. The predicted octanol–water partition coefficient (Wildman–Crippen LogP) is 1.28. The summed E-state index contributed by atoms with van der Waals surface area (Å²) in [5.74, 6) is 0.0360. The van der Waals surface area contributed by atoms with Crippen LogP contribution < -0.4 is 10.6 Å². The molecule has 0 aliphatic carbocycles. The number of nitriles is 1. The van der Waals surface area contributed by atoms with Crippen molar-refractivity contribution in [1.29, 1.82) is 5.26 Å². The maximum absolute atomic E-state index is 11.3. The molecular weight excluding hydrogens is 216 g/mol. The summed E-state index contributed by atoms with van der Waals surface area (Å²) in [5, 5.41) is 14.5. The van der Waals surface area contributed by atoms with E-state index in [-0.39, 0.29) is 5.91 Å². The van der Waals surface area contributed by atoms with E-state index in [1.807, 2.05) is 13.0 Å². The molecule has 1 heterocycles. The molecule has 0 aliphatic heterocycles. The van der Waals surface area contributed by atoms with E-state index in [0.717, 1.165) is 12.1 Å². The molecule has 5 nitrogen and oxygen atoms in total. The molecule has 1 amide bonds. The van der Waals surface area contributed by atoms with Gasteiger partial charge in [-0.15, -0.1) is 0 Å². The first-order chi connectivity index (χ1) is 8.26. The fraction of sp³-hybridized carbons (Fsp3) is 0.417. The van der Waals surface area contributed by atoms with Crippen molar-refractivity contribution in [2.45, 2.75) is 19.8 Å². The zero-order valence-electron chi connectivity index (χ0n) is 9.86. The molecule has 0 spiro atoms. The Morgan fingerprint density at radius 2 is 2.35 bits per heavy atom.